The Morgan fingerprint density at radius 1 is 0.900 bits per heavy atom. The molecule has 11 heteroatoms. The van der Waals surface area contributed by atoms with Gasteiger partial charge in [-0.3, -0.25) is 19.2 Å². The topological polar surface area (TPSA) is 147 Å². The Morgan fingerprint density at radius 3 is 1.83 bits per heavy atom. The molecular weight excluding hydrogens is 402 g/mol. The first-order valence-corrected chi connectivity index (χ1v) is 8.97. The van der Waals surface area contributed by atoms with Crippen molar-refractivity contribution in [3.63, 3.8) is 0 Å². The molecule has 0 aliphatic carbocycles. The van der Waals surface area contributed by atoms with Crippen LogP contribution in [-0.4, -0.2) is 67.3 Å². The summed E-state index contributed by atoms with van der Waals surface area (Å²) in [7, 11) is 0. The Hall–Kier alpha value is -2.97. The van der Waals surface area contributed by atoms with Crippen LogP contribution in [0.3, 0.4) is 0 Å². The highest BCUT2D eigenvalue weighted by molar-refractivity contribution is 5.68. The van der Waals surface area contributed by atoms with Crippen LogP contribution in [0.1, 0.15) is 34.6 Å². The highest BCUT2D eigenvalue weighted by atomic mass is 16.7. The summed E-state index contributed by atoms with van der Waals surface area (Å²) >= 11 is 0. The van der Waals surface area contributed by atoms with E-state index in [0.29, 0.717) is 5.57 Å². The second-order valence-electron chi connectivity index (χ2n) is 6.56. The first-order chi connectivity index (χ1) is 14.0. The van der Waals surface area contributed by atoms with Crippen molar-refractivity contribution in [2.45, 2.75) is 71.4 Å². The SMILES string of the molecule is C=C(C)[C@@H](C#N)O[C@@H]1O[C@H](COC(C)=O)[C@@H](OC(C)=O)[C@H](OC(C)=O)[C@H]1OC(C)=O. The molecule has 0 radical (unpaired) electrons. The van der Waals surface area contributed by atoms with Gasteiger partial charge < -0.3 is 28.4 Å². The van der Waals surface area contributed by atoms with Crippen LogP contribution in [0.25, 0.3) is 0 Å². The van der Waals surface area contributed by atoms with Crippen molar-refractivity contribution in [3.05, 3.63) is 12.2 Å². The zero-order chi connectivity index (χ0) is 23.0. The van der Waals surface area contributed by atoms with Crippen molar-refractivity contribution in [1.29, 1.82) is 5.26 Å². The second kappa shape index (κ2) is 11.3. The largest absolute Gasteiger partial charge is 0.463 e. The van der Waals surface area contributed by atoms with E-state index < -0.39 is 60.7 Å². The van der Waals surface area contributed by atoms with Gasteiger partial charge in [-0.05, 0) is 12.5 Å². The number of rotatable bonds is 8. The van der Waals surface area contributed by atoms with E-state index >= 15 is 0 Å². The predicted molar refractivity (Wildman–Crippen MR) is 97.3 cm³/mol. The van der Waals surface area contributed by atoms with Crippen LogP contribution in [0.15, 0.2) is 12.2 Å². The lowest BCUT2D eigenvalue weighted by Crippen LogP contribution is -2.63. The molecule has 11 nitrogen and oxygen atoms in total. The van der Waals surface area contributed by atoms with Crippen LogP contribution in [0.4, 0.5) is 0 Å². The fourth-order valence-corrected chi connectivity index (χ4v) is 2.69. The molecule has 166 valence electrons. The molecule has 1 rings (SSSR count). The lowest BCUT2D eigenvalue weighted by atomic mass is 9.98. The number of carbonyl (C=O) groups excluding carboxylic acids is 4. The van der Waals surface area contributed by atoms with Crippen LogP contribution in [0.5, 0.6) is 0 Å². The quantitative estimate of drug-likeness (QED) is 0.304. The summed E-state index contributed by atoms with van der Waals surface area (Å²) in [5.74, 6) is -2.91. The Morgan fingerprint density at radius 2 is 1.40 bits per heavy atom. The lowest BCUT2D eigenvalue weighted by Gasteiger charge is -2.44. The summed E-state index contributed by atoms with van der Waals surface area (Å²) in [6.45, 7) is 9.28. The summed E-state index contributed by atoms with van der Waals surface area (Å²) in [4.78, 5) is 46.3. The summed E-state index contributed by atoms with van der Waals surface area (Å²) in [5.41, 5.74) is 0.338. The standard InChI is InChI=1S/C19H25NO10/c1-9(2)14(7-20)29-19-18(28-13(6)24)17(27-12(5)23)16(26-11(4)22)15(30-19)8-25-10(3)21/h14-19H,1,8H2,2-6H3/t14-,15-,16-,17+,18-,19-/m1/s1. The lowest BCUT2D eigenvalue weighted by molar-refractivity contribution is -0.311. The molecular formula is C19H25NO10. The monoisotopic (exact) mass is 427 g/mol. The third-order valence-electron chi connectivity index (χ3n) is 3.78. The maximum Gasteiger partial charge on any atom is 0.303 e. The number of carbonyl (C=O) groups is 4. The van der Waals surface area contributed by atoms with Crippen LogP contribution in [0.2, 0.25) is 0 Å². The number of ether oxygens (including phenoxy) is 6. The third kappa shape index (κ3) is 7.46. The Kier molecular flexibility index (Phi) is 9.42. The predicted octanol–water partition coefficient (Wildman–Crippen LogP) is 0.554. The molecule has 0 unspecified atom stereocenters. The highest BCUT2D eigenvalue weighted by Crippen LogP contribution is 2.31. The second-order valence-corrected chi connectivity index (χ2v) is 6.56. The van der Waals surface area contributed by atoms with Crippen molar-refractivity contribution in [1.82, 2.24) is 0 Å². The fourth-order valence-electron chi connectivity index (χ4n) is 2.69. The van der Waals surface area contributed by atoms with Gasteiger partial charge in [-0.2, -0.15) is 5.26 Å². The Balaban J connectivity index is 3.39. The van der Waals surface area contributed by atoms with E-state index in [9.17, 15) is 24.4 Å². The van der Waals surface area contributed by atoms with Gasteiger partial charge in [-0.15, -0.1) is 0 Å². The molecule has 1 heterocycles. The Bertz CT molecular complexity index is 727. The number of hydrogen-bond acceptors (Lipinski definition) is 11. The number of hydrogen-bond donors (Lipinski definition) is 0. The van der Waals surface area contributed by atoms with Gasteiger partial charge in [0.05, 0.1) is 6.07 Å². The van der Waals surface area contributed by atoms with E-state index in [0.717, 1.165) is 27.7 Å². The maximum atomic E-state index is 11.7. The Labute approximate surface area is 173 Å². The summed E-state index contributed by atoms with van der Waals surface area (Å²) in [6.07, 6.45) is -7.76. The number of nitriles is 1. The van der Waals surface area contributed by atoms with Crippen LogP contribution >= 0.6 is 0 Å². The minimum absolute atomic E-state index is 0.338. The number of nitrogens with zero attached hydrogens (tertiary/aromatic N) is 1. The van der Waals surface area contributed by atoms with Gasteiger partial charge >= 0.3 is 23.9 Å². The first-order valence-electron chi connectivity index (χ1n) is 8.97. The molecule has 0 aromatic heterocycles. The molecule has 1 aliphatic heterocycles. The molecule has 30 heavy (non-hydrogen) atoms. The molecule has 0 spiro atoms. The summed E-state index contributed by atoms with van der Waals surface area (Å²) < 4.78 is 32.0. The van der Waals surface area contributed by atoms with E-state index in [1.54, 1.807) is 6.92 Å². The van der Waals surface area contributed by atoms with Gasteiger partial charge in [0.2, 0.25) is 6.29 Å². The molecule has 1 saturated heterocycles. The average Bonchev–Trinajstić information content (AvgIpc) is 2.60. The smallest absolute Gasteiger partial charge is 0.303 e. The minimum Gasteiger partial charge on any atom is -0.463 e. The van der Waals surface area contributed by atoms with Crippen molar-refractivity contribution in [2.24, 2.45) is 0 Å². The molecule has 0 N–H and O–H groups in total. The van der Waals surface area contributed by atoms with Crippen molar-refractivity contribution in [3.8, 4) is 6.07 Å². The van der Waals surface area contributed by atoms with Crippen molar-refractivity contribution >= 4 is 23.9 Å². The summed E-state index contributed by atoms with van der Waals surface area (Å²) in [5, 5.41) is 9.30. The molecule has 1 fully saturated rings. The van der Waals surface area contributed by atoms with E-state index in [2.05, 4.69) is 6.58 Å². The normalized spacial score (nSPS) is 26.5. The van der Waals surface area contributed by atoms with Gasteiger partial charge in [-0.1, -0.05) is 6.58 Å². The maximum absolute atomic E-state index is 11.7. The van der Waals surface area contributed by atoms with E-state index in [-0.39, 0.29) is 6.61 Å². The zero-order valence-corrected chi connectivity index (χ0v) is 17.4. The first kappa shape index (κ1) is 25.1. The molecule has 0 aromatic rings. The molecule has 1 aliphatic rings. The van der Waals surface area contributed by atoms with Crippen molar-refractivity contribution < 1.29 is 47.6 Å². The molecule has 0 amide bonds. The van der Waals surface area contributed by atoms with Crippen LogP contribution < -0.4 is 0 Å². The van der Waals surface area contributed by atoms with Gasteiger partial charge in [0, 0.05) is 27.7 Å². The molecule has 0 aromatic carbocycles. The molecule has 0 bridgehead atoms. The number of esters is 4. The third-order valence-corrected chi connectivity index (χ3v) is 3.78. The van der Waals surface area contributed by atoms with Gasteiger partial charge in [0.25, 0.3) is 0 Å². The van der Waals surface area contributed by atoms with E-state index in [1.165, 1.54) is 0 Å². The van der Waals surface area contributed by atoms with Crippen LogP contribution in [0, 0.1) is 11.3 Å². The minimum atomic E-state index is -1.42. The van der Waals surface area contributed by atoms with Gasteiger partial charge in [0.15, 0.2) is 24.4 Å². The highest BCUT2D eigenvalue weighted by Gasteiger charge is 2.53. The zero-order valence-electron chi connectivity index (χ0n) is 17.4. The van der Waals surface area contributed by atoms with Gasteiger partial charge in [-0.25, -0.2) is 0 Å². The van der Waals surface area contributed by atoms with Crippen molar-refractivity contribution in [2.75, 3.05) is 6.61 Å². The van der Waals surface area contributed by atoms with Crippen LogP contribution in [-0.2, 0) is 47.6 Å². The fraction of sp³-hybridized carbons (Fsp3) is 0.632. The molecule has 0 saturated carbocycles. The average molecular weight is 427 g/mol. The van der Waals surface area contributed by atoms with Gasteiger partial charge in [0.1, 0.15) is 12.7 Å². The van der Waals surface area contributed by atoms with E-state index in [1.807, 2.05) is 6.07 Å². The molecule has 6 atom stereocenters. The van der Waals surface area contributed by atoms with E-state index in [4.69, 9.17) is 28.4 Å². The summed E-state index contributed by atoms with van der Waals surface area (Å²) in [6, 6.07) is 1.87.